The number of imide groups is 1. The Kier molecular flexibility index (Phi) is 5.63. The van der Waals surface area contributed by atoms with Gasteiger partial charge in [-0.25, -0.2) is 9.97 Å². The Balaban J connectivity index is 1.34. The van der Waals surface area contributed by atoms with Gasteiger partial charge in [0.05, 0.1) is 34.3 Å². The van der Waals surface area contributed by atoms with E-state index in [2.05, 4.69) is 22.2 Å². The minimum atomic E-state index is -0.212. The van der Waals surface area contributed by atoms with Crippen LogP contribution < -0.4 is 10.1 Å². The summed E-state index contributed by atoms with van der Waals surface area (Å²) in [5.41, 5.74) is 3.10. The predicted molar refractivity (Wildman–Crippen MR) is 140 cm³/mol. The quantitative estimate of drug-likeness (QED) is 0.474. The van der Waals surface area contributed by atoms with Crippen LogP contribution in [-0.4, -0.2) is 45.4 Å². The number of nitrogens with zero attached hydrogens (tertiary/aromatic N) is 3. The van der Waals surface area contributed by atoms with Gasteiger partial charge in [0.25, 0.3) is 0 Å². The fraction of sp³-hybridized carbons (Fsp3) is 0.481. The molecular formula is C27H29ClN4O3S. The number of fused-ring (bicyclic) bond motifs is 2. The molecule has 3 aliphatic rings. The van der Waals surface area contributed by atoms with E-state index < -0.39 is 0 Å². The monoisotopic (exact) mass is 524 g/mol. The fourth-order valence-electron chi connectivity index (χ4n) is 5.79. The molecule has 0 spiro atoms. The van der Waals surface area contributed by atoms with Gasteiger partial charge < -0.3 is 10.1 Å². The molecule has 2 saturated heterocycles. The molecule has 2 aliphatic heterocycles. The van der Waals surface area contributed by atoms with E-state index in [0.717, 1.165) is 57.1 Å². The molecule has 0 bridgehead atoms. The highest BCUT2D eigenvalue weighted by Gasteiger charge is 2.72. The zero-order valence-corrected chi connectivity index (χ0v) is 22.4. The molecule has 4 heterocycles. The van der Waals surface area contributed by atoms with E-state index in [-0.39, 0.29) is 41.7 Å². The van der Waals surface area contributed by atoms with Gasteiger partial charge in [-0.15, -0.1) is 11.3 Å². The highest BCUT2D eigenvalue weighted by molar-refractivity contribution is 7.19. The zero-order valence-electron chi connectivity index (χ0n) is 20.8. The van der Waals surface area contributed by atoms with E-state index in [1.54, 1.807) is 6.33 Å². The second-order valence-electron chi connectivity index (χ2n) is 10.9. The first kappa shape index (κ1) is 23.8. The van der Waals surface area contributed by atoms with Crippen LogP contribution in [0.4, 0.5) is 0 Å². The second-order valence-corrected chi connectivity index (χ2v) is 12.5. The highest BCUT2D eigenvalue weighted by atomic mass is 35.5. The van der Waals surface area contributed by atoms with Gasteiger partial charge in [-0.3, -0.25) is 14.5 Å². The van der Waals surface area contributed by atoms with E-state index in [4.69, 9.17) is 16.3 Å². The first-order chi connectivity index (χ1) is 17.1. The molecular weight excluding hydrogens is 496 g/mol. The van der Waals surface area contributed by atoms with E-state index in [1.807, 2.05) is 39.0 Å². The average Bonchev–Trinajstić information content (AvgIpc) is 3.08. The lowest BCUT2D eigenvalue weighted by Gasteiger charge is -2.29. The van der Waals surface area contributed by atoms with Crippen molar-refractivity contribution in [3.63, 3.8) is 0 Å². The standard InChI is InChI=1S/C27H29ClN4O3S/c1-13-7-15(28)8-18(23(13)35-16-6-5-14(2)29-10-16)22-24-19(30-12-31-22)9-17(36-24)11-32-25(33)20-21(26(32)34)27(20,3)4/h7-9,12,14,16,20-21,29H,5-6,10-11H2,1-4H3/t14-,16-,20?,21?/m0/s1. The number of thiophene rings is 1. The van der Waals surface area contributed by atoms with Crippen LogP contribution in [0.2, 0.25) is 5.02 Å². The number of piperidine rings is 2. The topological polar surface area (TPSA) is 84.4 Å². The third-order valence-electron chi connectivity index (χ3n) is 7.96. The maximum atomic E-state index is 12.9. The summed E-state index contributed by atoms with van der Waals surface area (Å²) in [5, 5.41) is 4.11. The lowest BCUT2D eigenvalue weighted by molar-refractivity contribution is -0.143. The number of hydrogen-bond donors (Lipinski definition) is 1. The van der Waals surface area contributed by atoms with Crippen LogP contribution in [-0.2, 0) is 16.1 Å². The number of carbonyl (C=O) groups is 2. The van der Waals surface area contributed by atoms with E-state index >= 15 is 0 Å². The molecule has 6 rings (SSSR count). The number of nitrogens with one attached hydrogen (secondary N) is 1. The third kappa shape index (κ3) is 3.81. The molecule has 1 N–H and O–H groups in total. The normalized spacial score (nSPS) is 27.0. The van der Waals surface area contributed by atoms with Crippen molar-refractivity contribution in [1.82, 2.24) is 20.2 Å². The van der Waals surface area contributed by atoms with Crippen molar-refractivity contribution < 1.29 is 14.3 Å². The molecule has 7 nitrogen and oxygen atoms in total. The van der Waals surface area contributed by atoms with Gasteiger partial charge in [0.2, 0.25) is 11.8 Å². The summed E-state index contributed by atoms with van der Waals surface area (Å²) in [6.45, 7) is 9.24. The van der Waals surface area contributed by atoms with Gasteiger partial charge in [0.15, 0.2) is 0 Å². The van der Waals surface area contributed by atoms with E-state index in [9.17, 15) is 9.59 Å². The second kappa shape index (κ2) is 8.50. The molecule has 188 valence electrons. The smallest absolute Gasteiger partial charge is 0.234 e. The Hall–Kier alpha value is -2.55. The number of aryl methyl sites for hydroxylation is 1. The number of rotatable bonds is 5. The summed E-state index contributed by atoms with van der Waals surface area (Å²) in [4.78, 5) is 37.1. The van der Waals surface area contributed by atoms with Gasteiger partial charge >= 0.3 is 0 Å². The largest absolute Gasteiger partial charge is 0.488 e. The fourth-order valence-corrected chi connectivity index (χ4v) is 7.17. The lowest BCUT2D eigenvalue weighted by Crippen LogP contribution is -2.42. The summed E-state index contributed by atoms with van der Waals surface area (Å²) < 4.78 is 7.42. The molecule has 0 radical (unpaired) electrons. The molecule has 1 aliphatic carbocycles. The third-order valence-corrected chi connectivity index (χ3v) is 9.30. The van der Waals surface area contributed by atoms with Crippen molar-refractivity contribution in [2.75, 3.05) is 6.54 Å². The lowest BCUT2D eigenvalue weighted by atomic mass is 10.0. The number of carbonyl (C=O) groups excluding carboxylic acids is 2. The van der Waals surface area contributed by atoms with Crippen LogP contribution in [0.15, 0.2) is 24.5 Å². The number of ether oxygens (including phenoxy) is 1. The van der Waals surface area contributed by atoms with Gasteiger partial charge in [-0.1, -0.05) is 25.4 Å². The molecule has 3 aromatic rings. The Morgan fingerprint density at radius 1 is 1.17 bits per heavy atom. The Morgan fingerprint density at radius 3 is 2.61 bits per heavy atom. The van der Waals surface area contributed by atoms with Gasteiger partial charge in [-0.2, -0.15) is 0 Å². The summed E-state index contributed by atoms with van der Waals surface area (Å²) in [6, 6.07) is 6.25. The van der Waals surface area contributed by atoms with Crippen LogP contribution in [0.25, 0.3) is 21.5 Å². The predicted octanol–water partition coefficient (Wildman–Crippen LogP) is 4.98. The van der Waals surface area contributed by atoms with Crippen LogP contribution in [0.1, 0.15) is 44.1 Å². The summed E-state index contributed by atoms with van der Waals surface area (Å²) in [6.07, 6.45) is 3.65. The number of amides is 2. The number of aromatic nitrogens is 2. The zero-order chi connectivity index (χ0) is 25.4. The highest BCUT2D eigenvalue weighted by Crippen LogP contribution is 2.63. The van der Waals surface area contributed by atoms with Crippen LogP contribution in [0.3, 0.4) is 0 Å². The Labute approximate surface area is 219 Å². The van der Waals surface area contributed by atoms with Gasteiger partial charge in [0, 0.05) is 28.0 Å². The molecule has 2 amide bonds. The molecule has 2 aromatic heterocycles. The first-order valence-electron chi connectivity index (χ1n) is 12.4. The molecule has 3 fully saturated rings. The number of halogens is 1. The maximum absolute atomic E-state index is 12.9. The van der Waals surface area contributed by atoms with Crippen LogP contribution in [0, 0.1) is 24.2 Å². The number of likely N-dealkylation sites (tertiary alicyclic amines) is 1. The Morgan fingerprint density at radius 2 is 1.92 bits per heavy atom. The summed E-state index contributed by atoms with van der Waals surface area (Å²) in [5.74, 6) is 0.302. The van der Waals surface area contributed by atoms with Crippen molar-refractivity contribution >= 4 is 45.0 Å². The van der Waals surface area contributed by atoms with Crippen molar-refractivity contribution in [3.05, 3.63) is 40.0 Å². The van der Waals surface area contributed by atoms with Crippen molar-refractivity contribution in [2.24, 2.45) is 17.3 Å². The minimum absolute atomic E-state index is 0.0599. The van der Waals surface area contributed by atoms with E-state index in [1.165, 1.54) is 16.2 Å². The van der Waals surface area contributed by atoms with Crippen molar-refractivity contribution in [2.45, 2.75) is 59.2 Å². The molecule has 1 saturated carbocycles. The SMILES string of the molecule is Cc1cc(Cl)cc(-c2ncnc3cc(CN4C(=O)C5C(C4=O)C5(C)C)sc23)c1O[C@H]1CC[C@H](C)NC1. The van der Waals surface area contributed by atoms with Gasteiger partial charge in [0.1, 0.15) is 18.2 Å². The average molecular weight is 525 g/mol. The number of hydrogen-bond acceptors (Lipinski definition) is 7. The van der Waals surface area contributed by atoms with Crippen molar-refractivity contribution in [3.8, 4) is 17.0 Å². The Bertz CT molecular complexity index is 1370. The van der Waals surface area contributed by atoms with Gasteiger partial charge in [-0.05, 0) is 55.9 Å². The van der Waals surface area contributed by atoms with Crippen molar-refractivity contribution in [1.29, 1.82) is 0 Å². The molecule has 4 atom stereocenters. The molecule has 1 aromatic carbocycles. The number of benzene rings is 1. The molecule has 2 unspecified atom stereocenters. The molecule has 36 heavy (non-hydrogen) atoms. The van der Waals surface area contributed by atoms with E-state index in [0.29, 0.717) is 11.1 Å². The van der Waals surface area contributed by atoms with Crippen LogP contribution in [0.5, 0.6) is 5.75 Å². The minimum Gasteiger partial charge on any atom is -0.488 e. The summed E-state index contributed by atoms with van der Waals surface area (Å²) in [7, 11) is 0. The first-order valence-corrected chi connectivity index (χ1v) is 13.6. The van der Waals surface area contributed by atoms with Crippen LogP contribution >= 0.6 is 22.9 Å². The molecule has 9 heteroatoms. The summed E-state index contributed by atoms with van der Waals surface area (Å²) >= 11 is 8.00. The maximum Gasteiger partial charge on any atom is 0.234 e.